The van der Waals surface area contributed by atoms with Gasteiger partial charge in [-0.1, -0.05) is 67.4 Å². The van der Waals surface area contributed by atoms with Crippen molar-refractivity contribution in [1.29, 1.82) is 0 Å². The molecule has 0 aliphatic rings. The number of nitrogens with two attached hydrogens (primary N) is 1. The Labute approximate surface area is 116 Å². The summed E-state index contributed by atoms with van der Waals surface area (Å²) in [5, 5.41) is 0. The quantitative estimate of drug-likeness (QED) is 0.863. The molecule has 0 aromatic heterocycles. The van der Waals surface area contributed by atoms with Gasteiger partial charge in [-0.25, -0.2) is 0 Å². The highest BCUT2D eigenvalue weighted by Crippen LogP contribution is 2.34. The van der Waals surface area contributed by atoms with Crippen molar-refractivity contribution in [3.63, 3.8) is 0 Å². The molecule has 100 valence electrons. The summed E-state index contributed by atoms with van der Waals surface area (Å²) in [7, 11) is 0. The van der Waals surface area contributed by atoms with E-state index in [9.17, 15) is 0 Å². The lowest BCUT2D eigenvalue weighted by molar-refractivity contribution is 0.482. The second kappa shape index (κ2) is 5.58. The van der Waals surface area contributed by atoms with E-state index in [1.54, 1.807) is 0 Å². The summed E-state index contributed by atoms with van der Waals surface area (Å²) in [5.74, 6) is 0. The zero-order valence-corrected chi connectivity index (χ0v) is 12.1. The van der Waals surface area contributed by atoms with E-state index in [0.717, 1.165) is 12.8 Å². The maximum Gasteiger partial charge on any atom is 0.0668 e. The first-order chi connectivity index (χ1) is 9.08. The molecule has 0 aliphatic heterocycles. The summed E-state index contributed by atoms with van der Waals surface area (Å²) in [5.41, 5.74) is 11.4. The van der Waals surface area contributed by atoms with Gasteiger partial charge >= 0.3 is 0 Å². The highest BCUT2D eigenvalue weighted by atomic mass is 14.7. The van der Waals surface area contributed by atoms with Crippen molar-refractivity contribution in [1.82, 2.24) is 0 Å². The minimum absolute atomic E-state index is 0.383. The van der Waals surface area contributed by atoms with E-state index in [4.69, 9.17) is 5.73 Å². The van der Waals surface area contributed by atoms with Gasteiger partial charge in [0.1, 0.15) is 0 Å². The third-order valence-electron chi connectivity index (χ3n) is 3.81. The minimum Gasteiger partial charge on any atom is -0.318 e. The van der Waals surface area contributed by atoms with Gasteiger partial charge in [0.05, 0.1) is 5.54 Å². The van der Waals surface area contributed by atoms with Crippen LogP contribution in [0.1, 0.15) is 42.0 Å². The molecule has 0 fully saturated rings. The monoisotopic (exact) mass is 253 g/mol. The van der Waals surface area contributed by atoms with Gasteiger partial charge in [0, 0.05) is 0 Å². The molecule has 2 aromatic rings. The molecule has 1 nitrogen and oxygen atoms in total. The van der Waals surface area contributed by atoms with Gasteiger partial charge in [0.25, 0.3) is 0 Å². The number of rotatable bonds is 4. The molecule has 0 spiro atoms. The van der Waals surface area contributed by atoms with E-state index >= 15 is 0 Å². The van der Waals surface area contributed by atoms with Crippen LogP contribution < -0.4 is 5.73 Å². The van der Waals surface area contributed by atoms with Crippen molar-refractivity contribution in [2.45, 2.75) is 39.2 Å². The highest BCUT2D eigenvalue weighted by molar-refractivity contribution is 5.43. The summed E-state index contributed by atoms with van der Waals surface area (Å²) in [6.45, 7) is 6.46. The molecule has 0 bridgehead atoms. The van der Waals surface area contributed by atoms with Gasteiger partial charge in [-0.15, -0.1) is 0 Å². The van der Waals surface area contributed by atoms with Gasteiger partial charge < -0.3 is 5.73 Å². The van der Waals surface area contributed by atoms with Crippen LogP contribution in [0.5, 0.6) is 0 Å². The first-order valence-corrected chi connectivity index (χ1v) is 7.00. The predicted molar refractivity (Wildman–Crippen MR) is 82.2 cm³/mol. The van der Waals surface area contributed by atoms with Crippen LogP contribution in [0.25, 0.3) is 0 Å². The van der Waals surface area contributed by atoms with Crippen LogP contribution >= 0.6 is 0 Å². The molecule has 0 saturated carbocycles. The van der Waals surface area contributed by atoms with E-state index in [0.29, 0.717) is 0 Å². The lowest BCUT2D eigenvalue weighted by atomic mass is 9.78. The van der Waals surface area contributed by atoms with E-state index in [-0.39, 0.29) is 5.54 Å². The summed E-state index contributed by atoms with van der Waals surface area (Å²) < 4.78 is 0. The number of hydrogen-bond acceptors (Lipinski definition) is 1. The van der Waals surface area contributed by atoms with Gasteiger partial charge in [0.15, 0.2) is 0 Å². The Morgan fingerprint density at radius 2 is 1.68 bits per heavy atom. The fraction of sp³-hybridized carbons (Fsp3) is 0.333. The van der Waals surface area contributed by atoms with Crippen molar-refractivity contribution in [3.05, 3.63) is 70.8 Å². The summed E-state index contributed by atoms with van der Waals surface area (Å²) >= 11 is 0. The van der Waals surface area contributed by atoms with Crippen molar-refractivity contribution in [3.8, 4) is 0 Å². The Balaban J connectivity index is 2.59. The van der Waals surface area contributed by atoms with Crippen LogP contribution in [0.2, 0.25) is 0 Å². The largest absolute Gasteiger partial charge is 0.318 e. The Morgan fingerprint density at radius 3 is 2.32 bits per heavy atom. The second-order valence-electron chi connectivity index (χ2n) is 5.41. The Kier molecular flexibility index (Phi) is 4.06. The SMILES string of the molecule is CCCC(N)(c1ccccc1)c1cc(C)ccc1C. The summed E-state index contributed by atoms with van der Waals surface area (Å²) in [6.07, 6.45) is 2.03. The fourth-order valence-corrected chi connectivity index (χ4v) is 2.78. The van der Waals surface area contributed by atoms with Crippen LogP contribution in [0.4, 0.5) is 0 Å². The van der Waals surface area contributed by atoms with Crippen LogP contribution in [0, 0.1) is 13.8 Å². The molecular formula is C18H23N. The lowest BCUT2D eigenvalue weighted by Gasteiger charge is -2.32. The van der Waals surface area contributed by atoms with Gasteiger partial charge in [0.2, 0.25) is 0 Å². The summed E-state index contributed by atoms with van der Waals surface area (Å²) in [4.78, 5) is 0. The molecule has 2 rings (SSSR count). The molecule has 0 aliphatic carbocycles. The fourth-order valence-electron chi connectivity index (χ4n) is 2.78. The van der Waals surface area contributed by atoms with E-state index in [2.05, 4.69) is 63.2 Å². The summed E-state index contributed by atoms with van der Waals surface area (Å²) in [6, 6.07) is 17.0. The molecule has 19 heavy (non-hydrogen) atoms. The zero-order valence-electron chi connectivity index (χ0n) is 12.1. The van der Waals surface area contributed by atoms with Gasteiger partial charge in [-0.2, -0.15) is 0 Å². The van der Waals surface area contributed by atoms with Crippen molar-refractivity contribution >= 4 is 0 Å². The number of benzene rings is 2. The molecule has 1 heteroatoms. The molecule has 1 atom stereocenters. The van der Waals surface area contributed by atoms with Crippen molar-refractivity contribution in [2.75, 3.05) is 0 Å². The van der Waals surface area contributed by atoms with E-state index in [1.807, 2.05) is 6.07 Å². The Hall–Kier alpha value is -1.60. The Bertz CT molecular complexity index is 545. The Morgan fingerprint density at radius 1 is 1.00 bits per heavy atom. The van der Waals surface area contributed by atoms with E-state index in [1.165, 1.54) is 22.3 Å². The van der Waals surface area contributed by atoms with Crippen molar-refractivity contribution in [2.24, 2.45) is 5.73 Å². The molecular weight excluding hydrogens is 230 g/mol. The first-order valence-electron chi connectivity index (χ1n) is 7.00. The average Bonchev–Trinajstić information content (AvgIpc) is 2.42. The third-order valence-corrected chi connectivity index (χ3v) is 3.81. The molecule has 2 N–H and O–H groups in total. The normalized spacial score (nSPS) is 14.1. The standard InChI is InChI=1S/C18H23N/c1-4-12-18(19,16-8-6-5-7-9-16)17-13-14(2)10-11-15(17)3/h5-11,13H,4,12,19H2,1-3H3. The first kappa shape index (κ1) is 13.8. The molecule has 0 radical (unpaired) electrons. The maximum atomic E-state index is 6.82. The predicted octanol–water partition coefficient (Wildman–Crippen LogP) is 4.31. The average molecular weight is 253 g/mol. The van der Waals surface area contributed by atoms with Gasteiger partial charge in [-0.05, 0) is 37.0 Å². The lowest BCUT2D eigenvalue weighted by Crippen LogP contribution is -2.38. The zero-order chi connectivity index (χ0) is 13.9. The van der Waals surface area contributed by atoms with Crippen LogP contribution in [0.3, 0.4) is 0 Å². The minimum atomic E-state index is -0.383. The van der Waals surface area contributed by atoms with E-state index < -0.39 is 0 Å². The van der Waals surface area contributed by atoms with Gasteiger partial charge in [-0.3, -0.25) is 0 Å². The highest BCUT2D eigenvalue weighted by Gasteiger charge is 2.29. The molecule has 2 aromatic carbocycles. The maximum absolute atomic E-state index is 6.82. The molecule has 1 unspecified atom stereocenters. The smallest absolute Gasteiger partial charge is 0.0668 e. The van der Waals surface area contributed by atoms with Crippen LogP contribution in [-0.2, 0) is 5.54 Å². The molecule has 0 amide bonds. The molecule has 0 saturated heterocycles. The number of aryl methyl sites for hydroxylation is 2. The third kappa shape index (κ3) is 2.71. The van der Waals surface area contributed by atoms with Crippen LogP contribution in [0.15, 0.2) is 48.5 Å². The van der Waals surface area contributed by atoms with Crippen LogP contribution in [-0.4, -0.2) is 0 Å². The second-order valence-corrected chi connectivity index (χ2v) is 5.41. The topological polar surface area (TPSA) is 26.0 Å². The van der Waals surface area contributed by atoms with Crippen molar-refractivity contribution < 1.29 is 0 Å². The number of hydrogen-bond donors (Lipinski definition) is 1. The molecule has 0 heterocycles.